The number of piperidine rings is 1. The maximum absolute atomic E-state index is 13.9. The molecule has 0 radical (unpaired) electrons. The van der Waals surface area contributed by atoms with Crippen molar-refractivity contribution in [3.05, 3.63) is 93.1 Å². The molecule has 2 saturated heterocycles. The number of rotatable bonds is 8. The van der Waals surface area contributed by atoms with Crippen molar-refractivity contribution in [1.82, 2.24) is 25.9 Å². The van der Waals surface area contributed by atoms with Crippen LogP contribution in [0.25, 0.3) is 10.9 Å². The van der Waals surface area contributed by atoms with Crippen molar-refractivity contribution >= 4 is 62.8 Å². The number of benzene rings is 2. The van der Waals surface area contributed by atoms with Crippen LogP contribution in [0, 0.1) is 22.6 Å². The van der Waals surface area contributed by atoms with E-state index < -0.39 is 5.82 Å². The molecular weight excluding hydrogens is 662 g/mol. The molecule has 1 aromatic heterocycles. The monoisotopic (exact) mass is 694 g/mol. The van der Waals surface area contributed by atoms with Gasteiger partial charge in [0.1, 0.15) is 11.9 Å². The smallest absolute Gasteiger partial charge is 0.141 e. The summed E-state index contributed by atoms with van der Waals surface area (Å²) in [6.45, 7) is 5.94. The van der Waals surface area contributed by atoms with Gasteiger partial charge in [-0.15, -0.1) is 5.53 Å². The van der Waals surface area contributed by atoms with Gasteiger partial charge < -0.3 is 20.8 Å². The van der Waals surface area contributed by atoms with E-state index in [2.05, 4.69) is 61.8 Å². The summed E-state index contributed by atoms with van der Waals surface area (Å²) in [5, 5.41) is 20.9. The van der Waals surface area contributed by atoms with Gasteiger partial charge in [0.2, 0.25) is 0 Å². The van der Waals surface area contributed by atoms with Crippen molar-refractivity contribution in [2.45, 2.75) is 44.3 Å². The highest BCUT2D eigenvalue weighted by molar-refractivity contribution is 6.36. The molecule has 3 aromatic rings. The van der Waals surface area contributed by atoms with Gasteiger partial charge in [0.05, 0.1) is 57.8 Å². The quantitative estimate of drug-likeness (QED) is 0.195. The second-order valence-corrected chi connectivity index (χ2v) is 13.9. The summed E-state index contributed by atoms with van der Waals surface area (Å²) in [5.74, 6) is -0.531. The minimum atomic E-state index is -0.531. The fourth-order valence-corrected chi connectivity index (χ4v) is 7.22. The van der Waals surface area contributed by atoms with Crippen LogP contribution in [0.15, 0.2) is 71.7 Å². The second kappa shape index (κ2) is 13.2. The molecule has 244 valence electrons. The average molecular weight is 696 g/mol. The normalized spacial score (nSPS) is 22.7. The summed E-state index contributed by atoms with van der Waals surface area (Å²) >= 11 is 19.3. The van der Waals surface area contributed by atoms with Crippen LogP contribution in [0.1, 0.15) is 31.7 Å². The lowest BCUT2D eigenvalue weighted by molar-refractivity contribution is -0.0760. The number of anilines is 3. The Balaban J connectivity index is 1.21. The Morgan fingerprint density at radius 2 is 1.89 bits per heavy atom. The Morgan fingerprint density at radius 1 is 1.11 bits per heavy atom. The molecule has 1 unspecified atom stereocenters. The summed E-state index contributed by atoms with van der Waals surface area (Å²) < 4.78 is 19.3. The predicted octanol–water partition coefficient (Wildman–Crippen LogP) is 7.19. The predicted molar refractivity (Wildman–Crippen MR) is 185 cm³/mol. The van der Waals surface area contributed by atoms with E-state index >= 15 is 0 Å². The van der Waals surface area contributed by atoms with E-state index in [-0.39, 0.29) is 16.5 Å². The third kappa shape index (κ3) is 6.49. The molecule has 2 atom stereocenters. The molecule has 1 aliphatic carbocycles. The highest BCUT2D eigenvalue weighted by Crippen LogP contribution is 2.41. The van der Waals surface area contributed by atoms with Crippen molar-refractivity contribution in [3.63, 3.8) is 0 Å². The molecule has 2 fully saturated rings. The lowest BCUT2D eigenvalue weighted by Gasteiger charge is -2.42. The molecule has 0 spiro atoms. The zero-order valence-corrected chi connectivity index (χ0v) is 27.9. The number of allylic oxidation sites excluding steroid dienone is 3. The van der Waals surface area contributed by atoms with E-state index in [4.69, 9.17) is 39.5 Å². The summed E-state index contributed by atoms with van der Waals surface area (Å²) in [6.07, 6.45) is 12.5. The van der Waals surface area contributed by atoms with Gasteiger partial charge in [-0.3, -0.25) is 14.9 Å². The Hall–Kier alpha value is -3.56. The number of fused-ring (bicyclic) bond motifs is 1. The van der Waals surface area contributed by atoms with Gasteiger partial charge in [0.15, 0.2) is 0 Å². The van der Waals surface area contributed by atoms with E-state index in [0.29, 0.717) is 56.4 Å². The molecule has 2 aromatic carbocycles. The minimum absolute atomic E-state index is 0.0310. The number of hydrogen-bond donors (Lipinski definition) is 4. The fraction of sp³-hybridized carbons (Fsp3) is 0.353. The lowest BCUT2D eigenvalue weighted by atomic mass is 9.75. The third-order valence-corrected chi connectivity index (χ3v) is 10.4. The van der Waals surface area contributed by atoms with Crippen LogP contribution in [0.2, 0.25) is 10.0 Å². The van der Waals surface area contributed by atoms with Crippen molar-refractivity contribution in [2.24, 2.45) is 5.41 Å². The number of nitriles is 1. The van der Waals surface area contributed by atoms with E-state index in [1.165, 1.54) is 18.3 Å². The topological polar surface area (TPSA) is 101 Å². The maximum Gasteiger partial charge on any atom is 0.141 e. The first-order chi connectivity index (χ1) is 22.7. The van der Waals surface area contributed by atoms with Crippen LogP contribution in [0.5, 0.6) is 0 Å². The zero-order valence-electron chi connectivity index (χ0n) is 25.7. The van der Waals surface area contributed by atoms with Crippen LogP contribution >= 0.6 is 34.8 Å². The first-order valence-electron chi connectivity index (χ1n) is 15.6. The minimum Gasteiger partial charge on any atom is -0.378 e. The number of aromatic nitrogens is 1. The van der Waals surface area contributed by atoms with Crippen molar-refractivity contribution in [1.29, 1.82) is 5.26 Å². The van der Waals surface area contributed by atoms with Crippen molar-refractivity contribution in [3.8, 4) is 6.07 Å². The first kappa shape index (κ1) is 32.0. The van der Waals surface area contributed by atoms with E-state index in [1.54, 1.807) is 6.07 Å². The van der Waals surface area contributed by atoms with Gasteiger partial charge in [-0.2, -0.15) is 5.26 Å². The summed E-state index contributed by atoms with van der Waals surface area (Å²) in [4.78, 5) is 7.02. The summed E-state index contributed by atoms with van der Waals surface area (Å²) in [5.41, 5.74) is 10.0. The van der Waals surface area contributed by atoms with Crippen LogP contribution in [-0.4, -0.2) is 59.3 Å². The van der Waals surface area contributed by atoms with Gasteiger partial charge in [-0.05, 0) is 55.7 Å². The lowest BCUT2D eigenvalue weighted by Crippen LogP contribution is -2.55. The van der Waals surface area contributed by atoms with Crippen LogP contribution in [-0.2, 0) is 4.74 Å². The Kier molecular flexibility index (Phi) is 8.96. The molecule has 0 saturated carbocycles. The van der Waals surface area contributed by atoms with Gasteiger partial charge in [0.25, 0.3) is 0 Å². The molecule has 13 heteroatoms. The number of halogens is 4. The Bertz CT molecular complexity index is 1830. The standard InChI is InChI=1S/C34H34Cl3FN8O/c1-34(8-4-21(35)5-9-34)33(30-17-46(44-43-30)24-6-10-45(11-7-24)25-18-47-19-25)42-23-12-26-31(41-22-2-3-29(38)27(36)13-22)20(15-39)16-40-32(26)28(37)14-23/h2-5,8,12-14,16-17,24-25,33,42-44H,6-7,9-11,18-19H2,1H3,(H,40,41)/t33-,34?/m1/s1. The van der Waals surface area contributed by atoms with Crippen molar-refractivity contribution in [2.75, 3.05) is 36.9 Å². The van der Waals surface area contributed by atoms with E-state index in [0.717, 1.165) is 50.5 Å². The maximum atomic E-state index is 13.9. The van der Waals surface area contributed by atoms with E-state index in [1.807, 2.05) is 24.3 Å². The molecular formula is C34H34Cl3FN8O. The molecule has 4 N–H and O–H groups in total. The number of nitrogens with one attached hydrogen (secondary N) is 4. The Morgan fingerprint density at radius 3 is 2.57 bits per heavy atom. The molecule has 47 heavy (non-hydrogen) atoms. The molecule has 0 bridgehead atoms. The van der Waals surface area contributed by atoms with E-state index in [9.17, 15) is 9.65 Å². The van der Waals surface area contributed by atoms with Crippen LogP contribution in [0.3, 0.4) is 0 Å². The number of nitrogens with zero attached hydrogens (tertiary/aromatic N) is 4. The van der Waals surface area contributed by atoms with Crippen molar-refractivity contribution < 1.29 is 9.13 Å². The molecule has 3 aliphatic heterocycles. The fourth-order valence-electron chi connectivity index (χ4n) is 6.63. The molecule has 7 rings (SSSR count). The third-order valence-electron chi connectivity index (χ3n) is 9.51. The SMILES string of the molecule is CC1([C@H](Nc2cc(Cl)c3ncc(C#N)c(Nc4ccc(F)c(Cl)c4)c3c2)C2=CN(C3CCN(C4COC4)CC3)NN2)C=CC(Cl)=CC1. The summed E-state index contributed by atoms with van der Waals surface area (Å²) in [6, 6.07) is 11.0. The number of hydrogen-bond acceptors (Lipinski definition) is 9. The molecule has 0 amide bonds. The number of pyridine rings is 1. The van der Waals surface area contributed by atoms with Gasteiger partial charge in [-0.25, -0.2) is 4.39 Å². The average Bonchev–Trinajstić information content (AvgIpc) is 3.53. The Labute approximate surface area is 287 Å². The second-order valence-electron chi connectivity index (χ2n) is 12.7. The molecule has 4 heterocycles. The number of hydrazine groups is 2. The van der Waals surface area contributed by atoms with Gasteiger partial charge in [-0.1, -0.05) is 53.9 Å². The summed E-state index contributed by atoms with van der Waals surface area (Å²) in [7, 11) is 0. The largest absolute Gasteiger partial charge is 0.378 e. The highest BCUT2D eigenvalue weighted by Gasteiger charge is 2.39. The highest BCUT2D eigenvalue weighted by atomic mass is 35.5. The molecule has 4 aliphatic rings. The molecule has 9 nitrogen and oxygen atoms in total. The van der Waals surface area contributed by atoms with Crippen LogP contribution in [0.4, 0.5) is 21.5 Å². The number of ether oxygens (including phenoxy) is 1. The van der Waals surface area contributed by atoms with Crippen LogP contribution < -0.4 is 21.6 Å². The first-order valence-corrected chi connectivity index (χ1v) is 16.7. The van der Waals surface area contributed by atoms with Gasteiger partial charge >= 0.3 is 0 Å². The zero-order chi connectivity index (χ0) is 32.7. The van der Waals surface area contributed by atoms with Gasteiger partial charge in [0, 0.05) is 58.7 Å². The number of likely N-dealkylation sites (tertiary alicyclic amines) is 1.